The average Bonchev–Trinajstić information content (AvgIpc) is 3.28. The first kappa shape index (κ1) is 17.9. The van der Waals surface area contributed by atoms with Gasteiger partial charge in [0, 0.05) is 18.8 Å². The molecule has 5 rings (SSSR count). The fourth-order valence-corrected chi connectivity index (χ4v) is 7.76. The van der Waals surface area contributed by atoms with Gasteiger partial charge in [-0.05, 0) is 68.6 Å². The number of esters is 1. The van der Waals surface area contributed by atoms with Crippen molar-refractivity contribution in [2.45, 2.75) is 90.4 Å². The maximum Gasteiger partial charge on any atom is 0.302 e. The van der Waals surface area contributed by atoms with Gasteiger partial charge in [-0.25, -0.2) is 0 Å². The van der Waals surface area contributed by atoms with Gasteiger partial charge >= 0.3 is 5.97 Å². The molecule has 5 aliphatic rings. The maximum absolute atomic E-state index is 12.3. The standard InChI is InChI=1S/C23H32O4/c1-13(24)23-12-19-17-6-5-15-11-16(26-14(2)25)7-9-21(15,3)18(17)8-10-22(19,4)20(23)27-23/h5,16-20H,6-12H2,1-4H3. The number of ketones is 1. The van der Waals surface area contributed by atoms with Gasteiger partial charge in [0.1, 0.15) is 12.2 Å². The zero-order valence-electron chi connectivity index (χ0n) is 17.0. The number of carbonyl (C=O) groups excluding carboxylic acids is 2. The maximum atomic E-state index is 12.3. The van der Waals surface area contributed by atoms with Crippen LogP contribution in [-0.4, -0.2) is 29.6 Å². The van der Waals surface area contributed by atoms with Crippen LogP contribution in [0.2, 0.25) is 0 Å². The molecule has 0 aromatic carbocycles. The predicted octanol–water partition coefficient (Wildman–Crippen LogP) is 4.22. The van der Waals surface area contributed by atoms with Gasteiger partial charge in [0.25, 0.3) is 0 Å². The van der Waals surface area contributed by atoms with Crippen LogP contribution in [0, 0.1) is 28.6 Å². The number of fused-ring (bicyclic) bond motifs is 7. The second-order valence-electron chi connectivity index (χ2n) is 10.4. The van der Waals surface area contributed by atoms with Gasteiger partial charge in [-0.15, -0.1) is 0 Å². The van der Waals surface area contributed by atoms with Crippen molar-refractivity contribution in [2.75, 3.05) is 0 Å². The molecule has 0 radical (unpaired) electrons. The Morgan fingerprint density at radius 2 is 1.93 bits per heavy atom. The van der Waals surface area contributed by atoms with Crippen molar-refractivity contribution in [1.82, 2.24) is 0 Å². The Morgan fingerprint density at radius 1 is 1.15 bits per heavy atom. The van der Waals surface area contributed by atoms with E-state index in [2.05, 4.69) is 19.9 Å². The lowest BCUT2D eigenvalue weighted by Gasteiger charge is -2.57. The normalized spacial score (nSPS) is 52.6. The second-order valence-corrected chi connectivity index (χ2v) is 10.4. The Morgan fingerprint density at radius 3 is 2.63 bits per heavy atom. The monoisotopic (exact) mass is 372 g/mol. The van der Waals surface area contributed by atoms with E-state index in [1.54, 1.807) is 6.92 Å². The Hall–Kier alpha value is -1.16. The van der Waals surface area contributed by atoms with E-state index in [1.165, 1.54) is 25.3 Å². The van der Waals surface area contributed by atoms with E-state index in [4.69, 9.17) is 9.47 Å². The number of rotatable bonds is 2. The molecule has 1 saturated heterocycles. The molecule has 4 nitrogen and oxygen atoms in total. The third kappa shape index (κ3) is 2.25. The molecule has 0 N–H and O–H groups in total. The lowest BCUT2D eigenvalue weighted by molar-refractivity contribution is -0.148. The van der Waals surface area contributed by atoms with Crippen LogP contribution in [0.5, 0.6) is 0 Å². The summed E-state index contributed by atoms with van der Waals surface area (Å²) in [5.74, 6) is 2.02. The molecule has 4 aliphatic carbocycles. The summed E-state index contributed by atoms with van der Waals surface area (Å²) in [7, 11) is 0. The minimum absolute atomic E-state index is 0.0562. The number of ether oxygens (including phenoxy) is 2. The van der Waals surface area contributed by atoms with Crippen molar-refractivity contribution < 1.29 is 19.1 Å². The summed E-state index contributed by atoms with van der Waals surface area (Å²) < 4.78 is 11.6. The van der Waals surface area contributed by atoms with E-state index in [1.807, 2.05) is 0 Å². The van der Waals surface area contributed by atoms with Crippen LogP contribution in [0.15, 0.2) is 11.6 Å². The van der Waals surface area contributed by atoms with Crippen LogP contribution in [0.4, 0.5) is 0 Å². The smallest absolute Gasteiger partial charge is 0.302 e. The SMILES string of the molecule is CC(=O)OC1CCC2(C)C(=CCC3C2CCC2(C)C3CC3(C(C)=O)OC32)C1. The molecule has 0 bridgehead atoms. The zero-order chi connectivity index (χ0) is 19.2. The number of hydrogen-bond donors (Lipinski definition) is 0. The lowest BCUT2D eigenvalue weighted by atomic mass is 9.48. The summed E-state index contributed by atoms with van der Waals surface area (Å²) >= 11 is 0. The fourth-order valence-electron chi connectivity index (χ4n) is 7.76. The topological polar surface area (TPSA) is 55.9 Å². The molecule has 3 saturated carbocycles. The van der Waals surface area contributed by atoms with Crippen LogP contribution in [0.1, 0.15) is 72.6 Å². The van der Waals surface area contributed by atoms with Gasteiger partial charge in [0.15, 0.2) is 11.4 Å². The van der Waals surface area contributed by atoms with Gasteiger partial charge in [-0.3, -0.25) is 9.59 Å². The predicted molar refractivity (Wildman–Crippen MR) is 101 cm³/mol. The van der Waals surface area contributed by atoms with Crippen molar-refractivity contribution >= 4 is 11.8 Å². The Labute approximate surface area is 162 Å². The Kier molecular flexibility index (Phi) is 3.62. The van der Waals surface area contributed by atoms with E-state index in [0.717, 1.165) is 32.1 Å². The highest BCUT2D eigenvalue weighted by molar-refractivity contribution is 5.89. The Balaban J connectivity index is 1.42. The number of Topliss-reactive ketones (excluding diaryl/α,β-unsaturated/α-hetero) is 1. The van der Waals surface area contributed by atoms with Gasteiger partial charge in [0.2, 0.25) is 0 Å². The second kappa shape index (κ2) is 5.46. The summed E-state index contributed by atoms with van der Waals surface area (Å²) in [6, 6.07) is 0. The quantitative estimate of drug-likeness (QED) is 0.414. The summed E-state index contributed by atoms with van der Waals surface area (Å²) in [5, 5.41) is 0. The molecule has 148 valence electrons. The molecule has 8 atom stereocenters. The van der Waals surface area contributed by atoms with Crippen molar-refractivity contribution in [1.29, 1.82) is 0 Å². The van der Waals surface area contributed by atoms with Crippen LogP contribution in [-0.2, 0) is 19.1 Å². The first-order chi connectivity index (χ1) is 12.7. The van der Waals surface area contributed by atoms with Crippen LogP contribution < -0.4 is 0 Å². The van der Waals surface area contributed by atoms with Crippen molar-refractivity contribution in [2.24, 2.45) is 28.6 Å². The first-order valence-electron chi connectivity index (χ1n) is 10.8. The molecule has 0 amide bonds. The first-order valence-corrected chi connectivity index (χ1v) is 10.8. The molecule has 27 heavy (non-hydrogen) atoms. The highest BCUT2D eigenvalue weighted by Gasteiger charge is 2.77. The minimum Gasteiger partial charge on any atom is -0.462 e. The molecule has 4 fully saturated rings. The van der Waals surface area contributed by atoms with E-state index in [9.17, 15) is 9.59 Å². The summed E-state index contributed by atoms with van der Waals surface area (Å²) in [6.07, 6.45) is 10.1. The van der Waals surface area contributed by atoms with Gasteiger partial charge in [-0.2, -0.15) is 0 Å². The highest BCUT2D eigenvalue weighted by atomic mass is 16.6. The summed E-state index contributed by atoms with van der Waals surface area (Å²) in [4.78, 5) is 23.7. The van der Waals surface area contributed by atoms with Crippen molar-refractivity contribution in [3.8, 4) is 0 Å². The highest BCUT2D eigenvalue weighted by Crippen LogP contribution is 2.72. The lowest BCUT2D eigenvalue weighted by Crippen LogP contribution is -2.51. The number of epoxide rings is 1. The summed E-state index contributed by atoms with van der Waals surface area (Å²) in [6.45, 7) is 8.07. The average molecular weight is 373 g/mol. The molecule has 0 spiro atoms. The van der Waals surface area contributed by atoms with Crippen molar-refractivity contribution in [3.63, 3.8) is 0 Å². The zero-order valence-corrected chi connectivity index (χ0v) is 17.0. The molecule has 4 heteroatoms. The number of carbonyl (C=O) groups is 2. The fraction of sp³-hybridized carbons (Fsp3) is 0.826. The third-order valence-electron chi connectivity index (χ3n) is 9.24. The molecular weight excluding hydrogens is 340 g/mol. The van der Waals surface area contributed by atoms with E-state index >= 15 is 0 Å². The van der Waals surface area contributed by atoms with E-state index in [0.29, 0.717) is 17.8 Å². The van der Waals surface area contributed by atoms with Gasteiger partial charge in [-0.1, -0.05) is 25.5 Å². The molecule has 8 unspecified atom stereocenters. The number of hydrogen-bond acceptors (Lipinski definition) is 4. The molecule has 0 aromatic heterocycles. The number of allylic oxidation sites excluding steroid dienone is 1. The van der Waals surface area contributed by atoms with Crippen LogP contribution in [0.25, 0.3) is 0 Å². The van der Waals surface area contributed by atoms with Crippen LogP contribution >= 0.6 is 0 Å². The summed E-state index contributed by atoms with van der Waals surface area (Å²) in [5.41, 5.74) is 1.47. The van der Waals surface area contributed by atoms with E-state index < -0.39 is 5.60 Å². The van der Waals surface area contributed by atoms with Gasteiger partial charge in [0.05, 0.1) is 0 Å². The minimum atomic E-state index is -0.452. The largest absolute Gasteiger partial charge is 0.462 e. The van der Waals surface area contributed by atoms with Crippen molar-refractivity contribution in [3.05, 3.63) is 11.6 Å². The Bertz CT molecular complexity index is 741. The molecular formula is C23H32O4. The van der Waals surface area contributed by atoms with Crippen LogP contribution in [0.3, 0.4) is 0 Å². The van der Waals surface area contributed by atoms with Gasteiger partial charge < -0.3 is 9.47 Å². The molecule has 1 heterocycles. The molecule has 1 aliphatic heterocycles. The molecule has 0 aromatic rings. The van der Waals surface area contributed by atoms with E-state index in [-0.39, 0.29) is 34.8 Å². The third-order valence-corrected chi connectivity index (χ3v) is 9.24.